The van der Waals surface area contributed by atoms with Gasteiger partial charge in [-0.05, 0) is 31.9 Å². The van der Waals surface area contributed by atoms with Crippen molar-refractivity contribution in [2.45, 2.75) is 39.7 Å². The van der Waals surface area contributed by atoms with Crippen LogP contribution in [0.3, 0.4) is 0 Å². The number of anilines is 1. The third-order valence-corrected chi connectivity index (χ3v) is 2.60. The minimum Gasteiger partial charge on any atom is -0.459 e. The van der Waals surface area contributed by atoms with E-state index in [1.54, 1.807) is 6.07 Å². The highest BCUT2D eigenvalue weighted by Crippen LogP contribution is 2.17. The molecule has 0 radical (unpaired) electrons. The van der Waals surface area contributed by atoms with E-state index >= 15 is 0 Å². The molecule has 94 valence electrons. The smallest absolute Gasteiger partial charge is 0.340 e. The molecule has 3 nitrogen and oxygen atoms in total. The standard InChI is InChI=1S/C14H21NO2/c1-4-10-15-13-9-7-6-8-12(13)14(16)17-11(3)5-2/h6-9,11,15H,4-5,10H2,1-3H3. The minimum absolute atomic E-state index is 0.0401. The Bertz CT molecular complexity index is 363. The second kappa shape index (κ2) is 6.94. The van der Waals surface area contributed by atoms with E-state index in [1.165, 1.54) is 0 Å². The zero-order chi connectivity index (χ0) is 12.7. The lowest BCUT2D eigenvalue weighted by molar-refractivity contribution is 0.0335. The van der Waals surface area contributed by atoms with Crippen molar-refractivity contribution in [2.75, 3.05) is 11.9 Å². The molecule has 0 saturated heterocycles. The maximum atomic E-state index is 11.9. The van der Waals surface area contributed by atoms with E-state index in [9.17, 15) is 4.79 Å². The van der Waals surface area contributed by atoms with E-state index in [2.05, 4.69) is 12.2 Å². The first kappa shape index (κ1) is 13.6. The van der Waals surface area contributed by atoms with Crippen molar-refractivity contribution < 1.29 is 9.53 Å². The minimum atomic E-state index is -0.251. The summed E-state index contributed by atoms with van der Waals surface area (Å²) in [4.78, 5) is 11.9. The zero-order valence-electron chi connectivity index (χ0n) is 10.8. The first-order valence-electron chi connectivity index (χ1n) is 6.22. The van der Waals surface area contributed by atoms with Gasteiger partial charge in [-0.15, -0.1) is 0 Å². The molecular weight excluding hydrogens is 214 g/mol. The Morgan fingerprint density at radius 3 is 2.71 bits per heavy atom. The van der Waals surface area contributed by atoms with Crippen molar-refractivity contribution in [3.63, 3.8) is 0 Å². The number of carbonyl (C=O) groups excluding carboxylic acids is 1. The molecule has 3 heteroatoms. The maximum absolute atomic E-state index is 11.9. The third-order valence-electron chi connectivity index (χ3n) is 2.60. The highest BCUT2D eigenvalue weighted by Gasteiger charge is 2.14. The van der Waals surface area contributed by atoms with E-state index in [0.717, 1.165) is 25.1 Å². The molecular formula is C14H21NO2. The van der Waals surface area contributed by atoms with E-state index in [4.69, 9.17) is 4.74 Å². The summed E-state index contributed by atoms with van der Waals surface area (Å²) in [6.07, 6.45) is 1.81. The third kappa shape index (κ3) is 4.10. The molecule has 0 spiro atoms. The number of rotatable bonds is 6. The average Bonchev–Trinajstić information content (AvgIpc) is 2.36. The van der Waals surface area contributed by atoms with Gasteiger partial charge < -0.3 is 10.1 Å². The van der Waals surface area contributed by atoms with Crippen LogP contribution >= 0.6 is 0 Å². The van der Waals surface area contributed by atoms with Gasteiger partial charge in [0.25, 0.3) is 0 Å². The summed E-state index contributed by atoms with van der Waals surface area (Å²) < 4.78 is 5.33. The van der Waals surface area contributed by atoms with Gasteiger partial charge in [0.15, 0.2) is 0 Å². The first-order chi connectivity index (χ1) is 8.19. The summed E-state index contributed by atoms with van der Waals surface area (Å²) in [5.41, 5.74) is 1.46. The van der Waals surface area contributed by atoms with Crippen LogP contribution in [0.5, 0.6) is 0 Å². The van der Waals surface area contributed by atoms with Crippen molar-refractivity contribution in [3.8, 4) is 0 Å². The van der Waals surface area contributed by atoms with Crippen molar-refractivity contribution >= 4 is 11.7 Å². The first-order valence-corrected chi connectivity index (χ1v) is 6.22. The fourth-order valence-corrected chi connectivity index (χ4v) is 1.40. The van der Waals surface area contributed by atoms with Crippen molar-refractivity contribution in [1.82, 2.24) is 0 Å². The summed E-state index contributed by atoms with van der Waals surface area (Å²) in [5.74, 6) is -0.251. The molecule has 0 aliphatic heterocycles. The monoisotopic (exact) mass is 235 g/mol. The lowest BCUT2D eigenvalue weighted by atomic mass is 10.1. The van der Waals surface area contributed by atoms with Gasteiger partial charge in [0.05, 0.1) is 11.7 Å². The topological polar surface area (TPSA) is 38.3 Å². The number of benzene rings is 1. The van der Waals surface area contributed by atoms with Crippen molar-refractivity contribution in [3.05, 3.63) is 29.8 Å². The van der Waals surface area contributed by atoms with Gasteiger partial charge in [0.2, 0.25) is 0 Å². The molecule has 0 heterocycles. The molecule has 0 aliphatic carbocycles. The van der Waals surface area contributed by atoms with Crippen LogP contribution in [-0.4, -0.2) is 18.6 Å². The Morgan fingerprint density at radius 1 is 1.35 bits per heavy atom. The molecule has 1 aromatic carbocycles. The SMILES string of the molecule is CCCNc1ccccc1C(=O)OC(C)CC. The van der Waals surface area contributed by atoms with Crippen molar-refractivity contribution in [1.29, 1.82) is 0 Å². The van der Waals surface area contributed by atoms with Crippen LogP contribution in [0.15, 0.2) is 24.3 Å². The van der Waals surface area contributed by atoms with E-state index in [-0.39, 0.29) is 12.1 Å². The van der Waals surface area contributed by atoms with E-state index < -0.39 is 0 Å². The highest BCUT2D eigenvalue weighted by atomic mass is 16.5. The summed E-state index contributed by atoms with van der Waals surface area (Å²) in [6.45, 7) is 6.85. The number of hydrogen-bond acceptors (Lipinski definition) is 3. The summed E-state index contributed by atoms with van der Waals surface area (Å²) in [7, 11) is 0. The number of hydrogen-bond donors (Lipinski definition) is 1. The fourth-order valence-electron chi connectivity index (χ4n) is 1.40. The molecule has 0 saturated carbocycles. The lowest BCUT2D eigenvalue weighted by Gasteiger charge is -2.14. The van der Waals surface area contributed by atoms with Gasteiger partial charge in [-0.2, -0.15) is 0 Å². The number of carbonyl (C=O) groups is 1. The second-order valence-electron chi connectivity index (χ2n) is 4.10. The quantitative estimate of drug-likeness (QED) is 0.767. The van der Waals surface area contributed by atoms with Gasteiger partial charge in [0.1, 0.15) is 0 Å². The van der Waals surface area contributed by atoms with Crippen LogP contribution in [0, 0.1) is 0 Å². The Kier molecular flexibility index (Phi) is 5.53. The largest absolute Gasteiger partial charge is 0.459 e. The van der Waals surface area contributed by atoms with Crippen LogP contribution in [0.1, 0.15) is 44.0 Å². The number of para-hydroxylation sites is 1. The molecule has 1 rings (SSSR count). The average molecular weight is 235 g/mol. The number of ether oxygens (including phenoxy) is 1. The van der Waals surface area contributed by atoms with Gasteiger partial charge in [-0.25, -0.2) is 4.79 Å². The maximum Gasteiger partial charge on any atom is 0.340 e. The summed E-state index contributed by atoms with van der Waals surface area (Å²) >= 11 is 0. The molecule has 1 atom stereocenters. The van der Waals surface area contributed by atoms with Crippen LogP contribution in [0.2, 0.25) is 0 Å². The molecule has 0 amide bonds. The van der Waals surface area contributed by atoms with Gasteiger partial charge >= 0.3 is 5.97 Å². The summed E-state index contributed by atoms with van der Waals surface area (Å²) in [6, 6.07) is 7.47. The Labute approximate surface area is 103 Å². The molecule has 17 heavy (non-hydrogen) atoms. The van der Waals surface area contributed by atoms with Crippen LogP contribution in [0.25, 0.3) is 0 Å². The van der Waals surface area contributed by atoms with E-state index in [1.807, 2.05) is 32.0 Å². The van der Waals surface area contributed by atoms with Crippen molar-refractivity contribution in [2.24, 2.45) is 0 Å². The predicted octanol–water partition coefficient (Wildman–Crippen LogP) is 3.46. The normalized spacial score (nSPS) is 11.9. The highest BCUT2D eigenvalue weighted by molar-refractivity contribution is 5.95. The molecule has 0 bridgehead atoms. The molecule has 1 unspecified atom stereocenters. The van der Waals surface area contributed by atoms with Gasteiger partial charge in [0, 0.05) is 12.2 Å². The molecule has 1 aromatic rings. The predicted molar refractivity (Wildman–Crippen MR) is 70.4 cm³/mol. The Morgan fingerprint density at radius 2 is 2.06 bits per heavy atom. The van der Waals surface area contributed by atoms with Crippen LogP contribution in [0.4, 0.5) is 5.69 Å². The second-order valence-corrected chi connectivity index (χ2v) is 4.10. The lowest BCUT2D eigenvalue weighted by Crippen LogP contribution is -2.16. The zero-order valence-corrected chi connectivity index (χ0v) is 10.8. The molecule has 0 fully saturated rings. The number of esters is 1. The molecule has 1 N–H and O–H groups in total. The van der Waals surface area contributed by atoms with Gasteiger partial charge in [-0.3, -0.25) is 0 Å². The van der Waals surface area contributed by atoms with Crippen LogP contribution in [-0.2, 0) is 4.74 Å². The number of nitrogens with one attached hydrogen (secondary N) is 1. The Balaban J connectivity index is 2.77. The summed E-state index contributed by atoms with van der Waals surface area (Å²) in [5, 5.41) is 3.23. The Hall–Kier alpha value is -1.51. The molecule has 0 aliphatic rings. The fraction of sp³-hybridized carbons (Fsp3) is 0.500. The van der Waals surface area contributed by atoms with Gasteiger partial charge in [-0.1, -0.05) is 26.0 Å². The molecule has 0 aromatic heterocycles. The van der Waals surface area contributed by atoms with Crippen LogP contribution < -0.4 is 5.32 Å². The van der Waals surface area contributed by atoms with E-state index in [0.29, 0.717) is 5.56 Å².